The van der Waals surface area contributed by atoms with Gasteiger partial charge in [-0.05, 0) is 37.0 Å². The van der Waals surface area contributed by atoms with Gasteiger partial charge in [0, 0.05) is 6.42 Å². The van der Waals surface area contributed by atoms with Crippen molar-refractivity contribution in [3.8, 4) is 6.07 Å². The number of carbonyl (C=O) groups is 1. The smallest absolute Gasteiger partial charge is 0.237 e. The molecule has 1 amide bonds. The normalized spacial score (nSPS) is 10.8. The van der Waals surface area contributed by atoms with Crippen LogP contribution >= 0.6 is 0 Å². The molecule has 6 heteroatoms. The van der Waals surface area contributed by atoms with E-state index in [4.69, 9.17) is 5.26 Å². The van der Waals surface area contributed by atoms with Gasteiger partial charge in [-0.1, -0.05) is 18.2 Å². The van der Waals surface area contributed by atoms with Crippen molar-refractivity contribution in [3.05, 3.63) is 34.9 Å². The standard InChI is InChI=1S/C14H18N2O3S/c1-11-6-5-7-12(2)13(11)10-14(17)16-20(18,19)9-4-3-8-15/h5-7H,3-4,9-10H2,1-2H3,(H,16,17). The van der Waals surface area contributed by atoms with Crippen LogP contribution in [-0.2, 0) is 21.2 Å². The molecule has 1 rings (SSSR count). The maximum atomic E-state index is 11.8. The third-order valence-corrected chi connectivity index (χ3v) is 4.32. The number of hydrogen-bond donors (Lipinski definition) is 1. The summed E-state index contributed by atoms with van der Waals surface area (Å²) in [5.74, 6) is -0.752. The van der Waals surface area contributed by atoms with E-state index in [-0.39, 0.29) is 25.0 Å². The van der Waals surface area contributed by atoms with Gasteiger partial charge in [0.15, 0.2) is 0 Å². The zero-order valence-corrected chi connectivity index (χ0v) is 12.5. The fraction of sp³-hybridized carbons (Fsp3) is 0.429. The van der Waals surface area contributed by atoms with Gasteiger partial charge in [-0.15, -0.1) is 0 Å². The molecule has 1 N–H and O–H groups in total. The Morgan fingerprint density at radius 1 is 1.30 bits per heavy atom. The van der Waals surface area contributed by atoms with Gasteiger partial charge < -0.3 is 0 Å². The van der Waals surface area contributed by atoms with Gasteiger partial charge in [-0.2, -0.15) is 5.26 Å². The lowest BCUT2D eigenvalue weighted by Crippen LogP contribution is -2.33. The van der Waals surface area contributed by atoms with Crippen molar-refractivity contribution in [2.75, 3.05) is 5.75 Å². The second kappa shape index (κ2) is 7.06. The monoisotopic (exact) mass is 294 g/mol. The molecule has 1 aromatic carbocycles. The average Bonchev–Trinajstić information content (AvgIpc) is 2.33. The summed E-state index contributed by atoms with van der Waals surface area (Å²) in [6, 6.07) is 7.54. The number of unbranched alkanes of at least 4 members (excludes halogenated alkanes) is 1. The van der Waals surface area contributed by atoms with Crippen LogP contribution in [0.15, 0.2) is 18.2 Å². The molecule has 0 aliphatic carbocycles. The third-order valence-electron chi connectivity index (χ3n) is 2.95. The van der Waals surface area contributed by atoms with E-state index >= 15 is 0 Å². The van der Waals surface area contributed by atoms with E-state index in [1.807, 2.05) is 42.8 Å². The number of carbonyl (C=O) groups excluding carboxylic acids is 1. The summed E-state index contributed by atoms with van der Waals surface area (Å²) in [5, 5.41) is 8.37. The van der Waals surface area contributed by atoms with Gasteiger partial charge in [0.1, 0.15) is 0 Å². The first-order valence-electron chi connectivity index (χ1n) is 6.31. The first kappa shape index (κ1) is 16.2. The minimum Gasteiger partial charge on any atom is -0.274 e. The first-order chi connectivity index (χ1) is 9.35. The highest BCUT2D eigenvalue weighted by atomic mass is 32.2. The number of nitrogens with one attached hydrogen (secondary N) is 1. The highest BCUT2D eigenvalue weighted by molar-refractivity contribution is 7.90. The van der Waals surface area contributed by atoms with Crippen LogP contribution in [0, 0.1) is 25.2 Å². The predicted octanol–water partition coefficient (Wildman–Crippen LogP) is 1.60. The van der Waals surface area contributed by atoms with Crippen LogP contribution in [0.1, 0.15) is 29.5 Å². The Kier molecular flexibility index (Phi) is 5.71. The minimum absolute atomic E-state index is 0.0377. The lowest BCUT2D eigenvalue weighted by atomic mass is 10.0. The van der Waals surface area contributed by atoms with E-state index in [0.29, 0.717) is 0 Å². The summed E-state index contributed by atoms with van der Waals surface area (Å²) < 4.78 is 25.3. The van der Waals surface area contributed by atoms with Gasteiger partial charge in [0.25, 0.3) is 0 Å². The Morgan fingerprint density at radius 3 is 2.45 bits per heavy atom. The van der Waals surface area contributed by atoms with Crippen LogP contribution in [0.5, 0.6) is 0 Å². The van der Waals surface area contributed by atoms with Crippen molar-refractivity contribution in [3.63, 3.8) is 0 Å². The second-order valence-electron chi connectivity index (χ2n) is 4.65. The number of amides is 1. The maximum Gasteiger partial charge on any atom is 0.237 e. The second-order valence-corrected chi connectivity index (χ2v) is 6.49. The van der Waals surface area contributed by atoms with E-state index in [9.17, 15) is 13.2 Å². The summed E-state index contributed by atoms with van der Waals surface area (Å²) in [6.07, 6.45) is 0.421. The Labute approximate surface area is 119 Å². The molecule has 0 saturated heterocycles. The van der Waals surface area contributed by atoms with E-state index in [1.165, 1.54) is 0 Å². The minimum atomic E-state index is -3.65. The van der Waals surface area contributed by atoms with Gasteiger partial charge >= 0.3 is 0 Å². The highest BCUT2D eigenvalue weighted by Crippen LogP contribution is 2.13. The number of aryl methyl sites for hydroxylation is 2. The summed E-state index contributed by atoms with van der Waals surface area (Å²) in [6.45, 7) is 3.77. The molecular formula is C14H18N2O3S. The number of sulfonamides is 1. The quantitative estimate of drug-likeness (QED) is 0.807. The third kappa shape index (κ3) is 5.02. The van der Waals surface area contributed by atoms with E-state index in [1.54, 1.807) is 0 Å². The van der Waals surface area contributed by atoms with Crippen LogP contribution in [0.3, 0.4) is 0 Å². The molecule has 0 unspecified atom stereocenters. The van der Waals surface area contributed by atoms with Crippen molar-refractivity contribution in [1.29, 1.82) is 5.26 Å². The number of nitrogens with zero attached hydrogens (tertiary/aromatic N) is 1. The molecule has 0 aromatic heterocycles. The van der Waals surface area contributed by atoms with Gasteiger partial charge in [-0.3, -0.25) is 9.52 Å². The van der Waals surface area contributed by atoms with Crippen molar-refractivity contribution in [2.45, 2.75) is 33.1 Å². The maximum absolute atomic E-state index is 11.8. The molecule has 0 radical (unpaired) electrons. The molecule has 0 saturated carbocycles. The number of hydrogen-bond acceptors (Lipinski definition) is 4. The van der Waals surface area contributed by atoms with Crippen LogP contribution in [0.25, 0.3) is 0 Å². The topological polar surface area (TPSA) is 87.0 Å². The molecule has 0 fully saturated rings. The van der Waals surface area contributed by atoms with Crippen LogP contribution < -0.4 is 4.72 Å². The van der Waals surface area contributed by atoms with Crippen LogP contribution in [0.4, 0.5) is 0 Å². The molecule has 0 bridgehead atoms. The molecule has 0 aliphatic heterocycles. The van der Waals surface area contributed by atoms with Gasteiger partial charge in [0.2, 0.25) is 15.9 Å². The zero-order valence-electron chi connectivity index (χ0n) is 11.6. The van der Waals surface area contributed by atoms with Crippen molar-refractivity contribution in [1.82, 2.24) is 4.72 Å². The summed E-state index contributed by atoms with van der Waals surface area (Å²) in [7, 11) is -3.65. The Balaban J connectivity index is 2.67. The number of rotatable bonds is 6. The summed E-state index contributed by atoms with van der Waals surface area (Å²) >= 11 is 0. The molecule has 0 atom stereocenters. The van der Waals surface area contributed by atoms with Gasteiger partial charge in [0.05, 0.1) is 18.2 Å². The fourth-order valence-electron chi connectivity index (χ4n) is 1.89. The Morgan fingerprint density at radius 2 is 1.90 bits per heavy atom. The lowest BCUT2D eigenvalue weighted by Gasteiger charge is -2.10. The Hall–Kier alpha value is -1.87. The highest BCUT2D eigenvalue weighted by Gasteiger charge is 2.16. The van der Waals surface area contributed by atoms with Crippen molar-refractivity contribution >= 4 is 15.9 Å². The molecule has 5 nitrogen and oxygen atoms in total. The number of nitriles is 1. The lowest BCUT2D eigenvalue weighted by molar-refractivity contribution is -0.118. The van der Waals surface area contributed by atoms with Gasteiger partial charge in [-0.25, -0.2) is 8.42 Å². The van der Waals surface area contributed by atoms with Crippen LogP contribution in [0.2, 0.25) is 0 Å². The van der Waals surface area contributed by atoms with E-state index in [0.717, 1.165) is 16.7 Å². The molecule has 20 heavy (non-hydrogen) atoms. The van der Waals surface area contributed by atoms with Crippen molar-refractivity contribution < 1.29 is 13.2 Å². The summed E-state index contributed by atoms with van der Waals surface area (Å²) in [5.41, 5.74) is 2.77. The fourth-order valence-corrected chi connectivity index (χ4v) is 2.94. The molecule has 0 aliphatic rings. The molecule has 0 spiro atoms. The Bertz CT molecular complexity index is 610. The van der Waals surface area contributed by atoms with Crippen LogP contribution in [-0.4, -0.2) is 20.1 Å². The first-order valence-corrected chi connectivity index (χ1v) is 7.96. The molecule has 1 aromatic rings. The predicted molar refractivity (Wildman–Crippen MR) is 76.4 cm³/mol. The molecule has 0 heterocycles. The SMILES string of the molecule is Cc1cccc(C)c1CC(=O)NS(=O)(=O)CCCC#N. The molecular weight excluding hydrogens is 276 g/mol. The average molecular weight is 294 g/mol. The summed E-state index contributed by atoms with van der Waals surface area (Å²) in [4.78, 5) is 11.8. The molecule has 108 valence electrons. The van der Waals surface area contributed by atoms with Crippen molar-refractivity contribution in [2.24, 2.45) is 0 Å². The number of benzene rings is 1. The van der Waals surface area contributed by atoms with E-state index in [2.05, 4.69) is 0 Å². The largest absolute Gasteiger partial charge is 0.274 e. The van der Waals surface area contributed by atoms with E-state index < -0.39 is 15.9 Å². The zero-order chi connectivity index (χ0) is 15.2.